The summed E-state index contributed by atoms with van der Waals surface area (Å²) in [7, 11) is 0. The van der Waals surface area contributed by atoms with E-state index >= 15 is 0 Å². The third-order valence-corrected chi connectivity index (χ3v) is 5.09. The molecule has 2 aromatic rings. The van der Waals surface area contributed by atoms with E-state index in [0.29, 0.717) is 6.04 Å². The SMILES string of the molecule is c1cncc(O[C@@H]2CN(Cc3nccs3)[C@@H]3CCCO[C@@H]32)c1. The summed E-state index contributed by atoms with van der Waals surface area (Å²) in [6.07, 6.45) is 7.90. The van der Waals surface area contributed by atoms with Gasteiger partial charge in [-0.2, -0.15) is 0 Å². The van der Waals surface area contributed by atoms with E-state index in [0.717, 1.165) is 36.9 Å². The second-order valence-corrected chi connectivity index (χ2v) is 6.72. The lowest BCUT2D eigenvalue weighted by Gasteiger charge is -2.31. The average molecular weight is 317 g/mol. The zero-order chi connectivity index (χ0) is 14.8. The quantitative estimate of drug-likeness (QED) is 0.866. The molecule has 0 bridgehead atoms. The molecule has 0 amide bonds. The second-order valence-electron chi connectivity index (χ2n) is 5.75. The molecule has 0 radical (unpaired) electrons. The van der Waals surface area contributed by atoms with E-state index in [-0.39, 0.29) is 12.2 Å². The van der Waals surface area contributed by atoms with Gasteiger partial charge in [0.25, 0.3) is 0 Å². The van der Waals surface area contributed by atoms with Gasteiger partial charge in [-0.3, -0.25) is 9.88 Å². The van der Waals surface area contributed by atoms with Crippen LogP contribution in [-0.4, -0.2) is 46.3 Å². The summed E-state index contributed by atoms with van der Waals surface area (Å²) in [4.78, 5) is 11.0. The molecule has 4 rings (SSSR count). The third kappa shape index (κ3) is 2.86. The first kappa shape index (κ1) is 14.1. The van der Waals surface area contributed by atoms with Crippen LogP contribution in [0.4, 0.5) is 0 Å². The number of ether oxygens (including phenoxy) is 2. The highest BCUT2D eigenvalue weighted by molar-refractivity contribution is 7.09. The molecule has 0 aliphatic carbocycles. The number of nitrogens with zero attached hydrogens (tertiary/aromatic N) is 3. The third-order valence-electron chi connectivity index (χ3n) is 4.33. The lowest BCUT2D eigenvalue weighted by Crippen LogP contribution is -2.42. The van der Waals surface area contributed by atoms with Crippen molar-refractivity contribution in [3.8, 4) is 5.75 Å². The lowest BCUT2D eigenvalue weighted by atomic mass is 10.0. The van der Waals surface area contributed by atoms with Gasteiger partial charge >= 0.3 is 0 Å². The molecule has 5 nitrogen and oxygen atoms in total. The van der Waals surface area contributed by atoms with Gasteiger partial charge in [-0.05, 0) is 25.0 Å². The van der Waals surface area contributed by atoms with Gasteiger partial charge < -0.3 is 9.47 Å². The monoisotopic (exact) mass is 317 g/mol. The Morgan fingerprint density at radius 1 is 1.41 bits per heavy atom. The van der Waals surface area contributed by atoms with Gasteiger partial charge in [0.2, 0.25) is 0 Å². The van der Waals surface area contributed by atoms with Crippen LogP contribution in [-0.2, 0) is 11.3 Å². The van der Waals surface area contributed by atoms with Gasteiger partial charge in [0.05, 0.1) is 12.7 Å². The summed E-state index contributed by atoms with van der Waals surface area (Å²) in [5, 5.41) is 3.19. The Labute approximate surface area is 133 Å². The van der Waals surface area contributed by atoms with Crippen LogP contribution in [0.15, 0.2) is 36.1 Å². The Morgan fingerprint density at radius 3 is 3.23 bits per heavy atom. The van der Waals surface area contributed by atoms with E-state index in [1.165, 1.54) is 6.42 Å². The van der Waals surface area contributed by atoms with Crippen molar-refractivity contribution >= 4 is 11.3 Å². The predicted molar refractivity (Wildman–Crippen MR) is 83.9 cm³/mol. The van der Waals surface area contributed by atoms with Crippen LogP contribution in [0.2, 0.25) is 0 Å². The fourth-order valence-electron chi connectivity index (χ4n) is 3.39. The largest absolute Gasteiger partial charge is 0.485 e. The molecule has 2 aliphatic rings. The summed E-state index contributed by atoms with van der Waals surface area (Å²) in [5.74, 6) is 0.816. The van der Waals surface area contributed by atoms with E-state index in [2.05, 4.69) is 14.9 Å². The standard InChI is InChI=1S/C16H19N3O2S/c1-3-12(9-17-5-1)21-14-10-19(11-15-18-6-8-22-15)13-4-2-7-20-16(13)14/h1,3,5-6,8-9,13-14,16H,2,4,7,10-11H2/t13-,14-,16+/m1/s1. The number of hydrogen-bond donors (Lipinski definition) is 0. The van der Waals surface area contributed by atoms with Crippen LogP contribution in [0, 0.1) is 0 Å². The van der Waals surface area contributed by atoms with Crippen molar-refractivity contribution in [2.75, 3.05) is 13.2 Å². The summed E-state index contributed by atoms with van der Waals surface area (Å²) < 4.78 is 12.2. The maximum Gasteiger partial charge on any atom is 0.139 e. The van der Waals surface area contributed by atoms with Gasteiger partial charge in [0.15, 0.2) is 0 Å². The van der Waals surface area contributed by atoms with Crippen molar-refractivity contribution in [2.24, 2.45) is 0 Å². The molecule has 22 heavy (non-hydrogen) atoms. The van der Waals surface area contributed by atoms with E-state index in [1.807, 2.05) is 23.7 Å². The van der Waals surface area contributed by atoms with Crippen molar-refractivity contribution in [2.45, 2.75) is 37.6 Å². The maximum absolute atomic E-state index is 6.15. The molecule has 0 saturated carbocycles. The van der Waals surface area contributed by atoms with Crippen LogP contribution in [0.3, 0.4) is 0 Å². The Morgan fingerprint density at radius 2 is 2.41 bits per heavy atom. The van der Waals surface area contributed by atoms with E-state index in [4.69, 9.17) is 9.47 Å². The summed E-state index contributed by atoms with van der Waals surface area (Å²) in [5.41, 5.74) is 0. The first-order chi connectivity index (χ1) is 10.9. The number of pyridine rings is 1. The van der Waals surface area contributed by atoms with Gasteiger partial charge in [-0.15, -0.1) is 11.3 Å². The minimum absolute atomic E-state index is 0.0643. The summed E-state index contributed by atoms with van der Waals surface area (Å²) in [6.45, 7) is 2.60. The number of fused-ring (bicyclic) bond motifs is 1. The maximum atomic E-state index is 6.15. The Kier molecular flexibility index (Phi) is 4.05. The molecule has 0 N–H and O–H groups in total. The topological polar surface area (TPSA) is 47.5 Å². The number of aromatic nitrogens is 2. The normalized spacial score (nSPS) is 28.5. The molecule has 0 unspecified atom stereocenters. The molecule has 2 aromatic heterocycles. The number of thiazole rings is 1. The van der Waals surface area contributed by atoms with E-state index < -0.39 is 0 Å². The number of rotatable bonds is 4. The molecule has 2 saturated heterocycles. The zero-order valence-electron chi connectivity index (χ0n) is 12.3. The van der Waals surface area contributed by atoms with Crippen molar-refractivity contribution in [3.05, 3.63) is 41.1 Å². The minimum atomic E-state index is 0.0643. The lowest BCUT2D eigenvalue weighted by molar-refractivity contribution is -0.0472. The van der Waals surface area contributed by atoms with E-state index in [9.17, 15) is 0 Å². The van der Waals surface area contributed by atoms with Gasteiger partial charge in [0.1, 0.15) is 23.0 Å². The van der Waals surface area contributed by atoms with Crippen molar-refractivity contribution in [3.63, 3.8) is 0 Å². The van der Waals surface area contributed by atoms with Gasteiger partial charge in [0, 0.05) is 37.0 Å². The highest BCUT2D eigenvalue weighted by atomic mass is 32.1. The molecular formula is C16H19N3O2S. The highest BCUT2D eigenvalue weighted by Gasteiger charge is 2.45. The Hall–Kier alpha value is -1.50. The number of hydrogen-bond acceptors (Lipinski definition) is 6. The molecule has 6 heteroatoms. The van der Waals surface area contributed by atoms with Crippen LogP contribution < -0.4 is 4.74 Å². The molecular weight excluding hydrogens is 298 g/mol. The summed E-state index contributed by atoms with van der Waals surface area (Å²) >= 11 is 1.71. The van der Waals surface area contributed by atoms with Crippen LogP contribution in [0.5, 0.6) is 5.75 Å². The number of likely N-dealkylation sites (tertiary alicyclic amines) is 1. The van der Waals surface area contributed by atoms with Gasteiger partial charge in [-0.1, -0.05) is 0 Å². The Balaban J connectivity index is 1.50. The van der Waals surface area contributed by atoms with E-state index in [1.54, 1.807) is 23.7 Å². The average Bonchev–Trinajstić information content (AvgIpc) is 3.18. The zero-order valence-corrected chi connectivity index (χ0v) is 13.1. The van der Waals surface area contributed by atoms with Crippen molar-refractivity contribution in [1.82, 2.24) is 14.9 Å². The fourth-order valence-corrected chi connectivity index (χ4v) is 4.03. The molecule has 116 valence electrons. The molecule has 2 fully saturated rings. The predicted octanol–water partition coefficient (Wildman–Crippen LogP) is 2.35. The summed E-state index contributed by atoms with van der Waals surface area (Å²) in [6, 6.07) is 4.28. The smallest absolute Gasteiger partial charge is 0.139 e. The highest BCUT2D eigenvalue weighted by Crippen LogP contribution is 2.32. The van der Waals surface area contributed by atoms with Gasteiger partial charge in [-0.25, -0.2) is 4.98 Å². The first-order valence-electron chi connectivity index (χ1n) is 7.71. The molecule has 2 aliphatic heterocycles. The van der Waals surface area contributed by atoms with Crippen LogP contribution in [0.25, 0.3) is 0 Å². The first-order valence-corrected chi connectivity index (χ1v) is 8.59. The fraction of sp³-hybridized carbons (Fsp3) is 0.500. The Bertz CT molecular complexity index is 593. The van der Waals surface area contributed by atoms with Crippen molar-refractivity contribution < 1.29 is 9.47 Å². The molecule has 3 atom stereocenters. The minimum Gasteiger partial charge on any atom is -0.485 e. The molecule has 0 aromatic carbocycles. The van der Waals surface area contributed by atoms with Crippen LogP contribution >= 0.6 is 11.3 Å². The molecule has 0 spiro atoms. The molecule has 4 heterocycles. The van der Waals surface area contributed by atoms with Crippen molar-refractivity contribution in [1.29, 1.82) is 0 Å². The van der Waals surface area contributed by atoms with Crippen LogP contribution in [0.1, 0.15) is 17.8 Å². The second kappa shape index (κ2) is 6.32.